The maximum absolute atomic E-state index is 10.8. The van der Waals surface area contributed by atoms with Gasteiger partial charge in [0.1, 0.15) is 12.3 Å². The molecule has 3 N–H and O–H groups in total. The fourth-order valence-corrected chi connectivity index (χ4v) is 2.33. The van der Waals surface area contributed by atoms with Crippen LogP contribution in [0.3, 0.4) is 0 Å². The number of aliphatic hydroxyl groups is 1. The number of hydrogen-bond acceptors (Lipinski definition) is 3. The van der Waals surface area contributed by atoms with E-state index in [1.165, 1.54) is 44.9 Å². The number of aliphatic hydroxyl groups excluding tert-OH is 1. The third-order valence-electron chi connectivity index (χ3n) is 3.68. The zero-order chi connectivity index (χ0) is 15.2. The Labute approximate surface area is 124 Å². The highest BCUT2D eigenvalue weighted by molar-refractivity contribution is 5.73. The van der Waals surface area contributed by atoms with E-state index in [1.807, 2.05) is 0 Å². The Morgan fingerprint density at radius 1 is 0.950 bits per heavy atom. The van der Waals surface area contributed by atoms with Crippen LogP contribution in [0, 0.1) is 0 Å². The zero-order valence-electron chi connectivity index (χ0n) is 13.2. The first-order valence-corrected chi connectivity index (χ1v) is 8.28. The number of hydrogen-bond donors (Lipinski definition) is 3. The normalized spacial score (nSPS) is 14.2. The second kappa shape index (κ2) is 13.4. The van der Waals surface area contributed by atoms with Gasteiger partial charge in [-0.25, -0.2) is 0 Å². The van der Waals surface area contributed by atoms with Crippen molar-refractivity contribution in [1.29, 1.82) is 0 Å². The largest absolute Gasteiger partial charge is 0.480 e. The highest BCUT2D eigenvalue weighted by Crippen LogP contribution is 2.11. The van der Waals surface area contributed by atoms with Crippen molar-refractivity contribution in [3.63, 3.8) is 0 Å². The number of carboxylic acid groups (broad SMARTS) is 1. The van der Waals surface area contributed by atoms with E-state index in [1.54, 1.807) is 6.92 Å². The van der Waals surface area contributed by atoms with Gasteiger partial charge in [-0.3, -0.25) is 10.1 Å². The van der Waals surface area contributed by atoms with Gasteiger partial charge in [0.05, 0.1) is 0 Å². The fraction of sp³-hybridized carbons (Fsp3) is 0.938. The maximum atomic E-state index is 10.8. The van der Waals surface area contributed by atoms with Crippen molar-refractivity contribution >= 4 is 5.97 Å². The van der Waals surface area contributed by atoms with Gasteiger partial charge in [0.15, 0.2) is 0 Å². The van der Waals surface area contributed by atoms with Gasteiger partial charge in [-0.2, -0.15) is 0 Å². The molecule has 0 aliphatic carbocycles. The molecule has 0 spiro atoms. The molecule has 0 heterocycles. The average molecular weight is 287 g/mol. The molecule has 0 aromatic rings. The summed E-state index contributed by atoms with van der Waals surface area (Å²) in [5.74, 6) is -0.890. The Kier molecular flexibility index (Phi) is 13.0. The Balaban J connectivity index is 3.39. The topological polar surface area (TPSA) is 69.6 Å². The van der Waals surface area contributed by atoms with Gasteiger partial charge < -0.3 is 10.2 Å². The maximum Gasteiger partial charge on any atom is 0.320 e. The summed E-state index contributed by atoms with van der Waals surface area (Å²) >= 11 is 0. The lowest BCUT2D eigenvalue weighted by molar-refractivity contribution is -0.140. The van der Waals surface area contributed by atoms with E-state index in [4.69, 9.17) is 5.11 Å². The number of nitrogens with one attached hydrogen (secondary N) is 1. The molecule has 120 valence electrons. The number of carbonyl (C=O) groups is 1. The highest BCUT2D eigenvalue weighted by atomic mass is 16.4. The molecule has 0 aromatic heterocycles. The molecule has 0 saturated carbocycles. The molecule has 0 aliphatic heterocycles. The fourth-order valence-electron chi connectivity index (χ4n) is 2.33. The summed E-state index contributed by atoms with van der Waals surface area (Å²) in [7, 11) is 0. The van der Waals surface area contributed by atoms with Gasteiger partial charge in [-0.15, -0.1) is 0 Å². The van der Waals surface area contributed by atoms with E-state index in [9.17, 15) is 9.90 Å². The van der Waals surface area contributed by atoms with Crippen molar-refractivity contribution in [1.82, 2.24) is 5.32 Å². The summed E-state index contributed by atoms with van der Waals surface area (Å²) in [6.45, 7) is 4.03. The van der Waals surface area contributed by atoms with Crippen molar-refractivity contribution in [2.45, 2.75) is 96.7 Å². The van der Waals surface area contributed by atoms with Crippen LogP contribution in [0.1, 0.15) is 84.5 Å². The first kappa shape index (κ1) is 19.4. The summed E-state index contributed by atoms with van der Waals surface area (Å²) in [4.78, 5) is 10.8. The molecule has 0 amide bonds. The van der Waals surface area contributed by atoms with Gasteiger partial charge in [0.2, 0.25) is 0 Å². The van der Waals surface area contributed by atoms with Gasteiger partial charge in [0.25, 0.3) is 0 Å². The smallest absolute Gasteiger partial charge is 0.320 e. The van der Waals surface area contributed by atoms with E-state index in [0.717, 1.165) is 12.8 Å². The summed E-state index contributed by atoms with van der Waals surface area (Å²) in [5.41, 5.74) is 0. The first-order chi connectivity index (χ1) is 9.61. The molecule has 2 atom stereocenters. The van der Waals surface area contributed by atoms with Crippen LogP contribution in [0.25, 0.3) is 0 Å². The van der Waals surface area contributed by atoms with Crippen molar-refractivity contribution in [3.05, 3.63) is 0 Å². The number of carboxylic acids is 1. The molecule has 4 heteroatoms. The third kappa shape index (κ3) is 11.2. The van der Waals surface area contributed by atoms with Crippen LogP contribution in [0.4, 0.5) is 0 Å². The molecule has 0 rings (SSSR count). The van der Waals surface area contributed by atoms with Gasteiger partial charge in [-0.1, -0.05) is 65.2 Å². The SMILES string of the molecule is CCCCCCCCCCCC(O)NC(CC)C(=O)O. The molecular weight excluding hydrogens is 254 g/mol. The summed E-state index contributed by atoms with van der Waals surface area (Å²) in [6.07, 6.45) is 11.7. The van der Waals surface area contributed by atoms with E-state index < -0.39 is 18.2 Å². The third-order valence-corrected chi connectivity index (χ3v) is 3.68. The van der Waals surface area contributed by atoms with Crippen LogP contribution in [-0.2, 0) is 4.79 Å². The summed E-state index contributed by atoms with van der Waals surface area (Å²) < 4.78 is 0. The minimum absolute atomic E-state index is 0.490. The molecule has 2 unspecified atom stereocenters. The van der Waals surface area contributed by atoms with Crippen molar-refractivity contribution in [2.75, 3.05) is 0 Å². The lowest BCUT2D eigenvalue weighted by Gasteiger charge is -2.17. The predicted octanol–water partition coefficient (Wildman–Crippen LogP) is 3.68. The molecule has 4 nitrogen and oxygen atoms in total. The first-order valence-electron chi connectivity index (χ1n) is 8.28. The second-order valence-corrected chi connectivity index (χ2v) is 5.60. The second-order valence-electron chi connectivity index (χ2n) is 5.60. The van der Waals surface area contributed by atoms with Gasteiger partial charge in [0, 0.05) is 0 Å². The van der Waals surface area contributed by atoms with E-state index >= 15 is 0 Å². The molecule has 20 heavy (non-hydrogen) atoms. The molecule has 0 saturated heterocycles. The monoisotopic (exact) mass is 287 g/mol. The number of rotatable bonds is 14. The molecule has 0 radical (unpaired) electrons. The van der Waals surface area contributed by atoms with E-state index in [-0.39, 0.29) is 0 Å². The quantitative estimate of drug-likeness (QED) is 0.337. The Morgan fingerprint density at radius 3 is 1.90 bits per heavy atom. The van der Waals surface area contributed by atoms with Crippen molar-refractivity contribution in [2.24, 2.45) is 0 Å². The lowest BCUT2D eigenvalue weighted by Crippen LogP contribution is -2.42. The highest BCUT2D eigenvalue weighted by Gasteiger charge is 2.17. The standard InChI is InChI=1S/C16H33NO3/c1-3-5-6-7-8-9-10-11-12-13-15(18)17-14(4-2)16(19)20/h14-15,17-18H,3-13H2,1-2H3,(H,19,20). The number of aliphatic carboxylic acids is 1. The van der Waals surface area contributed by atoms with Crippen LogP contribution in [-0.4, -0.2) is 28.5 Å². The van der Waals surface area contributed by atoms with Crippen LogP contribution < -0.4 is 5.32 Å². The predicted molar refractivity (Wildman–Crippen MR) is 82.7 cm³/mol. The minimum atomic E-state index is -0.890. The minimum Gasteiger partial charge on any atom is -0.480 e. The van der Waals surface area contributed by atoms with Crippen molar-refractivity contribution < 1.29 is 15.0 Å². The zero-order valence-corrected chi connectivity index (χ0v) is 13.2. The summed E-state index contributed by atoms with van der Waals surface area (Å²) in [6, 6.07) is -0.636. The number of unbranched alkanes of at least 4 members (excludes halogenated alkanes) is 8. The molecule has 0 fully saturated rings. The van der Waals surface area contributed by atoms with Gasteiger partial charge >= 0.3 is 5.97 Å². The van der Waals surface area contributed by atoms with Crippen LogP contribution in [0.5, 0.6) is 0 Å². The Hall–Kier alpha value is -0.610. The Morgan fingerprint density at radius 2 is 1.45 bits per heavy atom. The van der Waals surface area contributed by atoms with Crippen LogP contribution in [0.15, 0.2) is 0 Å². The van der Waals surface area contributed by atoms with E-state index in [0.29, 0.717) is 12.8 Å². The molecule has 0 bridgehead atoms. The van der Waals surface area contributed by atoms with Gasteiger partial charge in [-0.05, 0) is 19.3 Å². The van der Waals surface area contributed by atoms with Crippen LogP contribution >= 0.6 is 0 Å². The average Bonchev–Trinajstić information content (AvgIpc) is 2.42. The summed E-state index contributed by atoms with van der Waals surface area (Å²) in [5, 5.41) is 21.4. The molecule has 0 aliphatic rings. The van der Waals surface area contributed by atoms with Crippen LogP contribution in [0.2, 0.25) is 0 Å². The van der Waals surface area contributed by atoms with Crippen molar-refractivity contribution in [3.8, 4) is 0 Å². The Bertz CT molecular complexity index is 234. The van der Waals surface area contributed by atoms with E-state index in [2.05, 4.69) is 12.2 Å². The molecule has 0 aromatic carbocycles. The lowest BCUT2D eigenvalue weighted by atomic mass is 10.1. The molecular formula is C16H33NO3.